The first kappa shape index (κ1) is 30.8. The second kappa shape index (κ2) is 16.4. The summed E-state index contributed by atoms with van der Waals surface area (Å²) in [7, 11) is 0. The average molecular weight is 531 g/mol. The number of thioether (sulfide) groups is 2. The molecule has 5 unspecified atom stereocenters. The molecule has 1 aromatic rings. The highest BCUT2D eigenvalue weighted by molar-refractivity contribution is 7.98. The van der Waals surface area contributed by atoms with Crippen molar-refractivity contribution in [2.75, 3.05) is 24.0 Å². The lowest BCUT2D eigenvalue weighted by atomic mass is 9.98. The van der Waals surface area contributed by atoms with Crippen LogP contribution in [-0.2, 0) is 25.6 Å². The number of imidazole rings is 1. The number of rotatable bonds is 17. The van der Waals surface area contributed by atoms with E-state index in [0.29, 0.717) is 36.5 Å². The summed E-state index contributed by atoms with van der Waals surface area (Å²) in [5, 5.41) is 17.5. The summed E-state index contributed by atoms with van der Waals surface area (Å²) in [5.41, 5.74) is 6.70. The summed E-state index contributed by atoms with van der Waals surface area (Å²) in [6.07, 6.45) is 8.28. The van der Waals surface area contributed by atoms with Crippen molar-refractivity contribution < 1.29 is 24.3 Å². The molecule has 0 fully saturated rings. The molecule has 35 heavy (non-hydrogen) atoms. The van der Waals surface area contributed by atoms with Crippen LogP contribution in [0.2, 0.25) is 0 Å². The van der Waals surface area contributed by atoms with Crippen molar-refractivity contribution in [3.63, 3.8) is 0 Å². The molecule has 0 bridgehead atoms. The first-order valence-corrected chi connectivity index (χ1v) is 14.3. The van der Waals surface area contributed by atoms with Crippen molar-refractivity contribution in [2.45, 2.75) is 63.7 Å². The van der Waals surface area contributed by atoms with E-state index in [0.717, 1.165) is 0 Å². The van der Waals surface area contributed by atoms with E-state index in [-0.39, 0.29) is 12.3 Å². The van der Waals surface area contributed by atoms with Gasteiger partial charge < -0.3 is 31.8 Å². The Morgan fingerprint density at radius 2 is 1.57 bits per heavy atom. The fourth-order valence-corrected chi connectivity index (χ4v) is 4.17. The number of carboxylic acid groups (broad SMARTS) is 1. The summed E-state index contributed by atoms with van der Waals surface area (Å²) in [6.45, 7) is 3.59. The number of aromatic nitrogens is 2. The van der Waals surface area contributed by atoms with E-state index in [9.17, 15) is 24.3 Å². The lowest BCUT2D eigenvalue weighted by Crippen LogP contribution is -2.58. The van der Waals surface area contributed by atoms with Crippen LogP contribution in [0.1, 0.15) is 38.8 Å². The number of hydrogen-bond acceptors (Lipinski definition) is 8. The summed E-state index contributed by atoms with van der Waals surface area (Å²) >= 11 is 3.02. The second-order valence-electron chi connectivity index (χ2n) is 8.28. The minimum atomic E-state index is -1.13. The fourth-order valence-electron chi connectivity index (χ4n) is 3.22. The number of carboxylic acids is 1. The van der Waals surface area contributed by atoms with Gasteiger partial charge in [0.2, 0.25) is 17.7 Å². The van der Waals surface area contributed by atoms with Crippen molar-refractivity contribution >= 4 is 47.2 Å². The molecule has 0 spiro atoms. The van der Waals surface area contributed by atoms with Crippen LogP contribution in [0.5, 0.6) is 0 Å². The number of aromatic amines is 1. The zero-order chi connectivity index (χ0) is 26.4. The van der Waals surface area contributed by atoms with Gasteiger partial charge in [-0.05, 0) is 42.8 Å². The number of carbonyl (C=O) groups excluding carboxylic acids is 3. The Bertz CT molecular complexity index is 810. The van der Waals surface area contributed by atoms with Crippen LogP contribution < -0.4 is 21.7 Å². The Balaban J connectivity index is 2.92. The van der Waals surface area contributed by atoms with Crippen LogP contribution in [0.4, 0.5) is 0 Å². The van der Waals surface area contributed by atoms with Gasteiger partial charge in [-0.3, -0.25) is 14.4 Å². The van der Waals surface area contributed by atoms with Crippen LogP contribution in [0.25, 0.3) is 0 Å². The van der Waals surface area contributed by atoms with Gasteiger partial charge in [-0.25, -0.2) is 9.78 Å². The third-order valence-corrected chi connectivity index (χ3v) is 6.88. The van der Waals surface area contributed by atoms with Crippen LogP contribution in [0, 0.1) is 5.92 Å². The summed E-state index contributed by atoms with van der Waals surface area (Å²) < 4.78 is 0. The molecule has 0 aliphatic heterocycles. The van der Waals surface area contributed by atoms with E-state index >= 15 is 0 Å². The molecule has 0 saturated heterocycles. The van der Waals surface area contributed by atoms with Crippen molar-refractivity contribution in [3.05, 3.63) is 18.2 Å². The van der Waals surface area contributed by atoms with Gasteiger partial charge in [-0.1, -0.05) is 20.3 Å². The first-order chi connectivity index (χ1) is 16.6. The van der Waals surface area contributed by atoms with E-state index < -0.39 is 47.9 Å². The maximum absolute atomic E-state index is 13.1. The number of carbonyl (C=O) groups is 4. The molecule has 198 valence electrons. The molecule has 1 aromatic heterocycles. The van der Waals surface area contributed by atoms with Gasteiger partial charge in [0.1, 0.15) is 18.1 Å². The Hall–Kier alpha value is -2.25. The van der Waals surface area contributed by atoms with Gasteiger partial charge in [-0.15, -0.1) is 0 Å². The molecule has 0 saturated carbocycles. The summed E-state index contributed by atoms with van der Waals surface area (Å²) in [5.74, 6) is -1.80. The fraction of sp³-hybridized carbons (Fsp3) is 0.682. The number of nitrogens with zero attached hydrogens (tertiary/aromatic N) is 1. The van der Waals surface area contributed by atoms with Crippen LogP contribution in [-0.4, -0.2) is 86.9 Å². The predicted molar refractivity (Wildman–Crippen MR) is 139 cm³/mol. The Labute approximate surface area is 214 Å². The van der Waals surface area contributed by atoms with Gasteiger partial charge >= 0.3 is 5.97 Å². The van der Waals surface area contributed by atoms with Crippen LogP contribution in [0.15, 0.2) is 12.5 Å². The number of H-pyrrole nitrogens is 1. The smallest absolute Gasteiger partial charge is 0.326 e. The molecule has 0 aliphatic rings. The molecule has 5 atom stereocenters. The second-order valence-corrected chi connectivity index (χ2v) is 10.3. The number of nitrogens with two attached hydrogens (primary N) is 1. The normalized spacial score (nSPS) is 15.3. The van der Waals surface area contributed by atoms with Crippen LogP contribution in [0.3, 0.4) is 0 Å². The van der Waals surface area contributed by atoms with Gasteiger partial charge in [0.25, 0.3) is 0 Å². The van der Waals surface area contributed by atoms with Gasteiger partial charge in [0.05, 0.1) is 12.4 Å². The molecule has 1 heterocycles. The zero-order valence-electron chi connectivity index (χ0n) is 20.7. The van der Waals surface area contributed by atoms with Crippen molar-refractivity contribution in [1.29, 1.82) is 0 Å². The Morgan fingerprint density at radius 3 is 2.03 bits per heavy atom. The third-order valence-electron chi connectivity index (χ3n) is 5.60. The average Bonchev–Trinajstić information content (AvgIpc) is 3.34. The standard InChI is InChI=1S/C22H38N6O5S2/c1-5-13(2)18(22(32)33)28-21(31)17(7-9-35-4)27-20(30)16(6-8-34-3)26-19(29)15(23)10-14-11-24-12-25-14/h11-13,15-18H,5-10,23H2,1-4H3,(H,24,25)(H,26,29)(H,27,30)(H,28,31)(H,32,33). The maximum atomic E-state index is 13.1. The third kappa shape index (κ3) is 10.9. The maximum Gasteiger partial charge on any atom is 0.326 e. The minimum Gasteiger partial charge on any atom is -0.480 e. The largest absolute Gasteiger partial charge is 0.480 e. The number of aliphatic carboxylic acids is 1. The highest BCUT2D eigenvalue weighted by Crippen LogP contribution is 2.10. The van der Waals surface area contributed by atoms with E-state index in [4.69, 9.17) is 5.73 Å². The lowest BCUT2D eigenvalue weighted by molar-refractivity contribution is -0.143. The molecule has 11 nitrogen and oxygen atoms in total. The molecule has 7 N–H and O–H groups in total. The van der Waals surface area contributed by atoms with Crippen LogP contribution >= 0.6 is 23.5 Å². The molecule has 0 aromatic carbocycles. The van der Waals surface area contributed by atoms with Gasteiger partial charge in [0, 0.05) is 18.3 Å². The highest BCUT2D eigenvalue weighted by Gasteiger charge is 2.31. The topological polar surface area (TPSA) is 179 Å². The Kier molecular flexibility index (Phi) is 14.4. The molecule has 13 heteroatoms. The predicted octanol–water partition coefficient (Wildman–Crippen LogP) is 0.371. The zero-order valence-corrected chi connectivity index (χ0v) is 22.3. The number of hydrogen-bond donors (Lipinski definition) is 6. The number of nitrogens with one attached hydrogen (secondary N) is 4. The minimum absolute atomic E-state index is 0.230. The monoisotopic (exact) mass is 530 g/mol. The molecular weight excluding hydrogens is 492 g/mol. The van der Waals surface area contributed by atoms with Crippen molar-refractivity contribution in [1.82, 2.24) is 25.9 Å². The van der Waals surface area contributed by atoms with E-state index in [1.165, 1.54) is 29.9 Å². The highest BCUT2D eigenvalue weighted by atomic mass is 32.2. The number of amides is 3. The van der Waals surface area contributed by atoms with Crippen molar-refractivity contribution in [3.8, 4) is 0 Å². The quantitative estimate of drug-likeness (QED) is 0.166. The molecule has 0 aliphatic carbocycles. The SMILES string of the molecule is CCC(C)C(NC(=O)C(CCSC)NC(=O)C(CCSC)NC(=O)C(N)Cc1cnc[nH]1)C(=O)O. The lowest BCUT2D eigenvalue weighted by Gasteiger charge is -2.26. The molecule has 1 rings (SSSR count). The van der Waals surface area contributed by atoms with Crippen molar-refractivity contribution in [2.24, 2.45) is 11.7 Å². The van der Waals surface area contributed by atoms with E-state index in [1.807, 2.05) is 19.4 Å². The molecular formula is C22H38N6O5S2. The van der Waals surface area contributed by atoms with Gasteiger partial charge in [0.15, 0.2) is 0 Å². The molecule has 0 radical (unpaired) electrons. The summed E-state index contributed by atoms with van der Waals surface area (Å²) in [6, 6.07) is -3.78. The van der Waals surface area contributed by atoms with Gasteiger partial charge in [-0.2, -0.15) is 23.5 Å². The Morgan fingerprint density at radius 1 is 1.03 bits per heavy atom. The summed E-state index contributed by atoms with van der Waals surface area (Å²) in [4.78, 5) is 57.2. The first-order valence-electron chi connectivity index (χ1n) is 11.5. The molecule has 3 amide bonds. The van der Waals surface area contributed by atoms with E-state index in [2.05, 4.69) is 25.9 Å². The van der Waals surface area contributed by atoms with E-state index in [1.54, 1.807) is 13.1 Å².